The molecular weight excluding hydrogens is 257 g/mol. The molecule has 0 aliphatic heterocycles. The van der Waals surface area contributed by atoms with Gasteiger partial charge in [0, 0.05) is 18.0 Å². The second-order valence-electron chi connectivity index (χ2n) is 3.45. The van der Waals surface area contributed by atoms with E-state index in [1.165, 1.54) is 36.7 Å². The predicted molar refractivity (Wildman–Crippen MR) is 67.2 cm³/mol. The fourth-order valence-corrected chi connectivity index (χ4v) is 1.48. The number of furan rings is 1. The maximum Gasteiger partial charge on any atom is 0.222 e. The molecule has 1 aromatic heterocycles. The Hall–Kier alpha value is -2.07. The van der Waals surface area contributed by atoms with Gasteiger partial charge < -0.3 is 9.73 Å². The number of hydrogen-bond acceptors (Lipinski definition) is 3. The van der Waals surface area contributed by atoms with Gasteiger partial charge in [0.1, 0.15) is 5.82 Å². The van der Waals surface area contributed by atoms with E-state index in [2.05, 4.69) is 5.32 Å². The van der Waals surface area contributed by atoms with E-state index in [-0.39, 0.29) is 16.6 Å². The van der Waals surface area contributed by atoms with Crippen molar-refractivity contribution in [2.24, 2.45) is 0 Å². The quantitative estimate of drug-likeness (QED) is 0.674. The minimum atomic E-state index is -0.488. The van der Waals surface area contributed by atoms with Crippen LogP contribution in [0.2, 0.25) is 5.02 Å². The summed E-state index contributed by atoms with van der Waals surface area (Å²) in [6.45, 7) is 0. The standard InChI is InChI=1S/C13H9ClFNO2/c14-10-8-9(3-4-11(10)15)16-6-5-12(17)13-2-1-7-18-13/h1-8,16H. The third-order valence-corrected chi connectivity index (χ3v) is 2.46. The highest BCUT2D eigenvalue weighted by Gasteiger charge is 2.03. The van der Waals surface area contributed by atoms with Crippen molar-refractivity contribution in [3.05, 3.63) is 65.5 Å². The predicted octanol–water partition coefficient (Wildman–Crippen LogP) is 3.88. The van der Waals surface area contributed by atoms with E-state index in [4.69, 9.17) is 16.0 Å². The van der Waals surface area contributed by atoms with E-state index >= 15 is 0 Å². The number of ketones is 1. The van der Waals surface area contributed by atoms with Gasteiger partial charge >= 0.3 is 0 Å². The van der Waals surface area contributed by atoms with E-state index in [0.29, 0.717) is 5.69 Å². The molecular formula is C13H9ClFNO2. The lowest BCUT2D eigenvalue weighted by molar-refractivity contribution is 0.102. The van der Waals surface area contributed by atoms with Gasteiger partial charge in [0.15, 0.2) is 5.76 Å². The first-order valence-electron chi connectivity index (χ1n) is 5.13. The van der Waals surface area contributed by atoms with Gasteiger partial charge in [0.25, 0.3) is 0 Å². The Balaban J connectivity index is 1.99. The highest BCUT2D eigenvalue weighted by molar-refractivity contribution is 6.31. The minimum absolute atomic E-state index is 0.0192. The van der Waals surface area contributed by atoms with E-state index in [0.717, 1.165) is 0 Å². The number of halogens is 2. The molecule has 0 saturated heterocycles. The van der Waals surface area contributed by atoms with Gasteiger partial charge in [0.05, 0.1) is 11.3 Å². The van der Waals surface area contributed by atoms with E-state index in [1.54, 1.807) is 12.1 Å². The van der Waals surface area contributed by atoms with Crippen molar-refractivity contribution in [1.29, 1.82) is 0 Å². The summed E-state index contributed by atoms with van der Waals surface area (Å²) in [4.78, 5) is 11.5. The van der Waals surface area contributed by atoms with Gasteiger partial charge in [-0.2, -0.15) is 0 Å². The first-order chi connectivity index (χ1) is 8.66. The fourth-order valence-electron chi connectivity index (χ4n) is 1.30. The van der Waals surface area contributed by atoms with Crippen LogP contribution in [0.3, 0.4) is 0 Å². The monoisotopic (exact) mass is 265 g/mol. The van der Waals surface area contributed by atoms with Crippen LogP contribution in [0.15, 0.2) is 53.3 Å². The number of anilines is 1. The van der Waals surface area contributed by atoms with Crippen molar-refractivity contribution in [3.63, 3.8) is 0 Å². The number of allylic oxidation sites excluding steroid dienone is 1. The Morgan fingerprint density at radius 2 is 2.22 bits per heavy atom. The van der Waals surface area contributed by atoms with E-state index < -0.39 is 5.82 Å². The summed E-state index contributed by atoms with van der Waals surface area (Å²) in [6, 6.07) is 7.39. The molecule has 92 valence electrons. The van der Waals surface area contributed by atoms with Crippen LogP contribution in [0.4, 0.5) is 10.1 Å². The highest BCUT2D eigenvalue weighted by Crippen LogP contribution is 2.19. The second-order valence-corrected chi connectivity index (χ2v) is 3.86. The van der Waals surface area contributed by atoms with Crippen molar-refractivity contribution >= 4 is 23.1 Å². The van der Waals surface area contributed by atoms with Gasteiger partial charge in [-0.05, 0) is 30.3 Å². The van der Waals surface area contributed by atoms with Crippen molar-refractivity contribution in [3.8, 4) is 0 Å². The lowest BCUT2D eigenvalue weighted by Gasteiger charge is -2.01. The number of carbonyl (C=O) groups excluding carboxylic acids is 1. The fraction of sp³-hybridized carbons (Fsp3) is 0. The number of nitrogens with one attached hydrogen (secondary N) is 1. The summed E-state index contributed by atoms with van der Waals surface area (Å²) >= 11 is 5.62. The first kappa shape index (κ1) is 12.4. The molecule has 2 aromatic rings. The molecule has 0 amide bonds. The Labute approximate surface area is 108 Å². The zero-order valence-electron chi connectivity index (χ0n) is 9.19. The smallest absolute Gasteiger partial charge is 0.222 e. The summed E-state index contributed by atoms with van der Waals surface area (Å²) in [5, 5.41) is 2.83. The van der Waals surface area contributed by atoms with Crippen LogP contribution in [0.5, 0.6) is 0 Å². The van der Waals surface area contributed by atoms with Crippen LogP contribution < -0.4 is 5.32 Å². The Bertz CT molecular complexity index is 579. The average Bonchev–Trinajstić information content (AvgIpc) is 2.87. The van der Waals surface area contributed by atoms with Gasteiger partial charge in [0.2, 0.25) is 5.78 Å². The third-order valence-electron chi connectivity index (χ3n) is 2.17. The number of hydrogen-bond donors (Lipinski definition) is 1. The molecule has 0 radical (unpaired) electrons. The highest BCUT2D eigenvalue weighted by atomic mass is 35.5. The van der Waals surface area contributed by atoms with Crippen molar-refractivity contribution < 1.29 is 13.6 Å². The molecule has 18 heavy (non-hydrogen) atoms. The third kappa shape index (κ3) is 2.99. The molecule has 5 heteroatoms. The zero-order valence-corrected chi connectivity index (χ0v) is 9.95. The molecule has 1 heterocycles. The van der Waals surface area contributed by atoms with Crippen LogP contribution in [-0.2, 0) is 0 Å². The Kier molecular flexibility index (Phi) is 3.79. The molecule has 0 spiro atoms. The van der Waals surface area contributed by atoms with Crippen molar-refractivity contribution in [2.45, 2.75) is 0 Å². The topological polar surface area (TPSA) is 42.2 Å². The average molecular weight is 266 g/mol. The molecule has 1 aromatic carbocycles. The lowest BCUT2D eigenvalue weighted by atomic mass is 10.3. The normalized spacial score (nSPS) is 10.8. The summed E-state index contributed by atoms with van der Waals surface area (Å²) in [7, 11) is 0. The zero-order chi connectivity index (χ0) is 13.0. The van der Waals surface area contributed by atoms with Crippen LogP contribution in [0, 0.1) is 5.82 Å². The number of carbonyl (C=O) groups is 1. The molecule has 0 aliphatic carbocycles. The SMILES string of the molecule is O=C(C=CNc1ccc(F)c(Cl)c1)c1ccco1. The lowest BCUT2D eigenvalue weighted by Crippen LogP contribution is -1.94. The number of benzene rings is 1. The maximum atomic E-state index is 12.9. The molecule has 2 rings (SSSR count). The second kappa shape index (κ2) is 5.51. The van der Waals surface area contributed by atoms with Crippen molar-refractivity contribution in [2.75, 3.05) is 5.32 Å². The van der Waals surface area contributed by atoms with Crippen LogP contribution in [0.25, 0.3) is 0 Å². The van der Waals surface area contributed by atoms with E-state index in [1.807, 2.05) is 0 Å². The Morgan fingerprint density at radius 1 is 1.39 bits per heavy atom. The van der Waals surface area contributed by atoms with Crippen molar-refractivity contribution in [1.82, 2.24) is 0 Å². The molecule has 0 saturated carbocycles. The van der Waals surface area contributed by atoms with Gasteiger partial charge in [-0.15, -0.1) is 0 Å². The molecule has 0 fully saturated rings. The largest absolute Gasteiger partial charge is 0.461 e. The first-order valence-corrected chi connectivity index (χ1v) is 5.50. The van der Waals surface area contributed by atoms with Gasteiger partial charge in [-0.3, -0.25) is 4.79 Å². The molecule has 3 nitrogen and oxygen atoms in total. The molecule has 0 aliphatic rings. The summed E-state index contributed by atoms with van der Waals surface area (Å²) in [5.74, 6) is -0.497. The molecule has 0 bridgehead atoms. The molecule has 0 unspecified atom stereocenters. The van der Waals surface area contributed by atoms with Gasteiger partial charge in [-0.25, -0.2) is 4.39 Å². The van der Waals surface area contributed by atoms with Crippen LogP contribution >= 0.6 is 11.6 Å². The summed E-state index contributed by atoms with van der Waals surface area (Å²) < 4.78 is 17.8. The summed E-state index contributed by atoms with van der Waals surface area (Å²) in [5.41, 5.74) is 0.588. The Morgan fingerprint density at radius 3 is 2.89 bits per heavy atom. The molecule has 0 atom stereocenters. The molecule has 1 N–H and O–H groups in total. The number of rotatable bonds is 4. The summed E-state index contributed by atoms with van der Waals surface area (Å²) in [6.07, 6.45) is 4.18. The van der Waals surface area contributed by atoms with Gasteiger partial charge in [-0.1, -0.05) is 11.6 Å². The van der Waals surface area contributed by atoms with Crippen LogP contribution in [-0.4, -0.2) is 5.78 Å². The van der Waals surface area contributed by atoms with Crippen LogP contribution in [0.1, 0.15) is 10.6 Å². The van der Waals surface area contributed by atoms with E-state index in [9.17, 15) is 9.18 Å². The maximum absolute atomic E-state index is 12.9. The minimum Gasteiger partial charge on any atom is -0.461 e.